The molecule has 0 bridgehead atoms. The first-order chi connectivity index (χ1) is 12.3. The van der Waals surface area contributed by atoms with Crippen LogP contribution >= 0.6 is 0 Å². The van der Waals surface area contributed by atoms with E-state index >= 15 is 0 Å². The first-order valence-electron chi connectivity index (χ1n) is 9.08. The normalized spacial score (nSPS) is 18.2. The maximum atomic E-state index is 12.0. The van der Waals surface area contributed by atoms with E-state index < -0.39 is 15.6 Å². The molecule has 4 N–H and O–H groups in total. The molecule has 1 heterocycles. The molecule has 1 aromatic rings. The molecule has 1 aromatic heterocycles. The molecule has 1 aliphatic rings. The number of sulfonamides is 1. The van der Waals surface area contributed by atoms with Crippen molar-refractivity contribution < 1.29 is 17.9 Å². The standard InChI is InChI=1S/C17H30N4O4S/c1-3-18-16(20-13-17(2,22)15-8-5-10-25-15)19-9-11-26(23,24)21-12-14-6-4-7-14/h5,8,10,14,21-22H,3-4,6-7,9,11-13H2,1-2H3,(H2,18,19,20). The Kier molecular flexibility index (Phi) is 7.48. The number of aliphatic hydroxyl groups is 1. The molecule has 0 saturated heterocycles. The van der Waals surface area contributed by atoms with Gasteiger partial charge in [-0.2, -0.15) is 0 Å². The van der Waals surface area contributed by atoms with Gasteiger partial charge in [-0.1, -0.05) is 6.42 Å². The third kappa shape index (κ3) is 6.62. The van der Waals surface area contributed by atoms with E-state index in [2.05, 4.69) is 20.3 Å². The van der Waals surface area contributed by atoms with Crippen molar-refractivity contribution >= 4 is 16.0 Å². The second-order valence-corrected chi connectivity index (χ2v) is 8.76. The quantitative estimate of drug-likeness (QED) is 0.349. The van der Waals surface area contributed by atoms with E-state index in [1.807, 2.05) is 6.92 Å². The Morgan fingerprint density at radius 3 is 2.77 bits per heavy atom. The Morgan fingerprint density at radius 2 is 2.19 bits per heavy atom. The highest BCUT2D eigenvalue weighted by Gasteiger charge is 2.26. The van der Waals surface area contributed by atoms with Crippen LogP contribution in [0.4, 0.5) is 0 Å². The minimum absolute atomic E-state index is 0.0291. The summed E-state index contributed by atoms with van der Waals surface area (Å²) in [5, 5.41) is 16.5. The Labute approximate surface area is 155 Å². The van der Waals surface area contributed by atoms with Gasteiger partial charge in [0.2, 0.25) is 10.0 Å². The lowest BCUT2D eigenvalue weighted by Gasteiger charge is -2.25. The van der Waals surface area contributed by atoms with E-state index in [1.165, 1.54) is 12.7 Å². The van der Waals surface area contributed by atoms with Gasteiger partial charge in [0.25, 0.3) is 0 Å². The molecule has 0 radical (unpaired) electrons. The van der Waals surface area contributed by atoms with E-state index in [9.17, 15) is 13.5 Å². The van der Waals surface area contributed by atoms with Crippen LogP contribution in [0.3, 0.4) is 0 Å². The minimum atomic E-state index is -3.30. The highest BCUT2D eigenvalue weighted by Crippen LogP contribution is 2.25. The van der Waals surface area contributed by atoms with Crippen molar-refractivity contribution in [1.29, 1.82) is 0 Å². The van der Waals surface area contributed by atoms with Crippen molar-refractivity contribution in [2.24, 2.45) is 10.9 Å². The minimum Gasteiger partial charge on any atom is -0.466 e. The lowest BCUT2D eigenvalue weighted by atomic mass is 9.86. The summed E-state index contributed by atoms with van der Waals surface area (Å²) in [6.45, 7) is 5.01. The molecule has 0 aliphatic heterocycles. The van der Waals surface area contributed by atoms with E-state index in [4.69, 9.17) is 4.42 Å². The predicted octanol–water partition coefficient (Wildman–Crippen LogP) is 0.762. The highest BCUT2D eigenvalue weighted by atomic mass is 32.2. The molecule has 26 heavy (non-hydrogen) atoms. The maximum absolute atomic E-state index is 12.0. The van der Waals surface area contributed by atoms with E-state index in [0.717, 1.165) is 12.8 Å². The van der Waals surface area contributed by atoms with Crippen molar-refractivity contribution in [3.05, 3.63) is 24.2 Å². The van der Waals surface area contributed by atoms with Crippen LogP contribution < -0.4 is 15.4 Å². The van der Waals surface area contributed by atoms with Crippen LogP contribution in [0, 0.1) is 5.92 Å². The molecular formula is C17H30N4O4S. The zero-order valence-corrected chi connectivity index (χ0v) is 16.3. The molecule has 148 valence electrons. The van der Waals surface area contributed by atoms with Gasteiger partial charge in [-0.05, 0) is 44.7 Å². The number of nitrogens with one attached hydrogen (secondary N) is 3. The highest BCUT2D eigenvalue weighted by molar-refractivity contribution is 7.89. The molecule has 1 fully saturated rings. The maximum Gasteiger partial charge on any atom is 0.213 e. The fourth-order valence-electron chi connectivity index (χ4n) is 2.56. The zero-order valence-electron chi connectivity index (χ0n) is 15.5. The summed E-state index contributed by atoms with van der Waals surface area (Å²) in [7, 11) is -3.30. The summed E-state index contributed by atoms with van der Waals surface area (Å²) in [6.07, 6.45) is 4.90. The van der Waals surface area contributed by atoms with Crippen LogP contribution in [0.1, 0.15) is 38.9 Å². The molecule has 0 amide bonds. The third-order valence-corrected chi connectivity index (χ3v) is 5.77. The summed E-state index contributed by atoms with van der Waals surface area (Å²) in [5.74, 6) is 1.34. The van der Waals surface area contributed by atoms with Gasteiger partial charge < -0.3 is 20.2 Å². The molecule has 1 atom stereocenters. The van der Waals surface area contributed by atoms with Gasteiger partial charge in [-0.15, -0.1) is 0 Å². The molecule has 0 spiro atoms. The van der Waals surface area contributed by atoms with Gasteiger partial charge in [-0.25, -0.2) is 18.1 Å². The zero-order chi connectivity index (χ0) is 19.0. The van der Waals surface area contributed by atoms with Gasteiger partial charge >= 0.3 is 0 Å². The summed E-state index contributed by atoms with van der Waals surface area (Å²) >= 11 is 0. The number of nitrogens with zero attached hydrogens (tertiary/aromatic N) is 1. The SMILES string of the molecule is CCNC(=NCC(C)(O)c1ccco1)NCCS(=O)(=O)NCC1CCC1. The molecular weight excluding hydrogens is 356 g/mol. The van der Waals surface area contributed by atoms with Crippen molar-refractivity contribution in [3.63, 3.8) is 0 Å². The Morgan fingerprint density at radius 1 is 1.42 bits per heavy atom. The number of furan rings is 1. The monoisotopic (exact) mass is 386 g/mol. The summed E-state index contributed by atoms with van der Waals surface area (Å²) < 4.78 is 31.9. The van der Waals surface area contributed by atoms with E-state index in [-0.39, 0.29) is 18.8 Å². The summed E-state index contributed by atoms with van der Waals surface area (Å²) in [4.78, 5) is 4.33. The Bertz CT molecular complexity index is 667. The van der Waals surface area contributed by atoms with Gasteiger partial charge in [0.1, 0.15) is 11.4 Å². The summed E-state index contributed by atoms with van der Waals surface area (Å²) in [6, 6.07) is 3.40. The number of hydrogen-bond acceptors (Lipinski definition) is 5. The molecule has 0 aromatic carbocycles. The Balaban J connectivity index is 1.81. The summed E-state index contributed by atoms with van der Waals surface area (Å²) in [5.41, 5.74) is -1.23. The first-order valence-corrected chi connectivity index (χ1v) is 10.7. The third-order valence-electron chi connectivity index (χ3n) is 4.42. The Hall–Kier alpha value is -1.58. The van der Waals surface area contributed by atoms with Crippen molar-refractivity contribution in [2.75, 3.05) is 31.9 Å². The van der Waals surface area contributed by atoms with Crippen molar-refractivity contribution in [1.82, 2.24) is 15.4 Å². The van der Waals surface area contributed by atoms with E-state index in [0.29, 0.717) is 30.7 Å². The molecule has 9 heteroatoms. The van der Waals surface area contributed by atoms with Gasteiger partial charge in [0, 0.05) is 19.6 Å². The smallest absolute Gasteiger partial charge is 0.213 e. The lowest BCUT2D eigenvalue weighted by Crippen LogP contribution is -2.42. The molecule has 1 unspecified atom stereocenters. The number of aliphatic imine (C=N–C) groups is 1. The fourth-order valence-corrected chi connectivity index (χ4v) is 3.56. The van der Waals surface area contributed by atoms with Crippen molar-refractivity contribution in [2.45, 2.75) is 38.7 Å². The van der Waals surface area contributed by atoms with Crippen LogP contribution in [-0.2, 0) is 15.6 Å². The van der Waals surface area contributed by atoms with Gasteiger partial charge in [0.05, 0.1) is 18.6 Å². The molecule has 8 nitrogen and oxygen atoms in total. The fraction of sp³-hybridized carbons (Fsp3) is 0.706. The number of guanidine groups is 1. The van der Waals surface area contributed by atoms with E-state index in [1.54, 1.807) is 19.1 Å². The second kappa shape index (κ2) is 9.38. The second-order valence-electron chi connectivity index (χ2n) is 6.84. The predicted molar refractivity (Wildman–Crippen MR) is 101 cm³/mol. The first kappa shape index (κ1) is 20.7. The lowest BCUT2D eigenvalue weighted by molar-refractivity contribution is 0.0437. The van der Waals surface area contributed by atoms with Gasteiger partial charge in [-0.3, -0.25) is 0 Å². The topological polar surface area (TPSA) is 116 Å². The van der Waals surface area contributed by atoms with Crippen LogP contribution in [0.15, 0.2) is 27.8 Å². The molecule has 1 aliphatic carbocycles. The van der Waals surface area contributed by atoms with Crippen molar-refractivity contribution in [3.8, 4) is 0 Å². The van der Waals surface area contributed by atoms with Gasteiger partial charge in [0.15, 0.2) is 5.96 Å². The average Bonchev–Trinajstić information content (AvgIpc) is 3.06. The van der Waals surface area contributed by atoms with Crippen LogP contribution in [0.25, 0.3) is 0 Å². The van der Waals surface area contributed by atoms with Crippen LogP contribution in [0.2, 0.25) is 0 Å². The number of hydrogen-bond donors (Lipinski definition) is 4. The van der Waals surface area contributed by atoms with Crippen LogP contribution in [0.5, 0.6) is 0 Å². The number of rotatable bonds is 10. The molecule has 1 saturated carbocycles. The molecule has 2 rings (SSSR count). The average molecular weight is 387 g/mol. The largest absolute Gasteiger partial charge is 0.466 e. The van der Waals surface area contributed by atoms with Crippen LogP contribution in [-0.4, -0.2) is 51.4 Å².